The molecule has 190 valence electrons. The summed E-state index contributed by atoms with van der Waals surface area (Å²) in [5.41, 5.74) is 2.35. The average molecular weight is 505 g/mol. The van der Waals surface area contributed by atoms with Crippen molar-refractivity contribution in [2.75, 3.05) is 20.8 Å². The van der Waals surface area contributed by atoms with Crippen LogP contribution in [-0.2, 0) is 26.4 Å². The summed E-state index contributed by atoms with van der Waals surface area (Å²) in [5.74, 6) is 0.949. The van der Waals surface area contributed by atoms with Crippen LogP contribution < -0.4 is 4.74 Å². The summed E-state index contributed by atoms with van der Waals surface area (Å²) >= 11 is 6.52. The number of rotatable bonds is 8. The van der Waals surface area contributed by atoms with Gasteiger partial charge in [-0.15, -0.1) is 0 Å². The van der Waals surface area contributed by atoms with Crippen molar-refractivity contribution in [1.82, 2.24) is 0 Å². The van der Waals surface area contributed by atoms with E-state index in [9.17, 15) is 15.3 Å². The summed E-state index contributed by atoms with van der Waals surface area (Å²) < 4.78 is 22.9. The van der Waals surface area contributed by atoms with Crippen LogP contribution in [0.5, 0.6) is 5.75 Å². The Morgan fingerprint density at radius 3 is 2.34 bits per heavy atom. The summed E-state index contributed by atoms with van der Waals surface area (Å²) in [6, 6.07) is 13.3. The van der Waals surface area contributed by atoms with E-state index in [1.807, 2.05) is 24.3 Å². The second-order valence-corrected chi connectivity index (χ2v) is 10.4. The molecule has 0 spiro atoms. The van der Waals surface area contributed by atoms with Crippen molar-refractivity contribution in [1.29, 1.82) is 0 Å². The maximum absolute atomic E-state index is 10.9. The van der Waals surface area contributed by atoms with Crippen LogP contribution in [0.2, 0.25) is 5.02 Å². The van der Waals surface area contributed by atoms with E-state index in [-0.39, 0.29) is 6.61 Å². The van der Waals surface area contributed by atoms with Gasteiger partial charge in [-0.1, -0.05) is 29.8 Å². The van der Waals surface area contributed by atoms with Gasteiger partial charge in [0.15, 0.2) is 0 Å². The molecule has 3 aliphatic rings. The van der Waals surface area contributed by atoms with Gasteiger partial charge < -0.3 is 34.3 Å². The second-order valence-electron chi connectivity index (χ2n) is 10.0. The molecule has 1 heterocycles. The molecule has 0 radical (unpaired) electrons. The maximum Gasteiger partial charge on any atom is 0.224 e. The summed E-state index contributed by atoms with van der Waals surface area (Å²) in [5, 5.41) is 32.3. The normalized spacial score (nSPS) is 36.1. The first-order valence-electron chi connectivity index (χ1n) is 12.1. The monoisotopic (exact) mass is 504 g/mol. The molecule has 2 saturated carbocycles. The molecule has 5 rings (SSSR count). The van der Waals surface area contributed by atoms with Crippen LogP contribution in [0, 0.1) is 11.8 Å². The van der Waals surface area contributed by atoms with Crippen molar-refractivity contribution >= 4 is 11.6 Å². The fourth-order valence-electron chi connectivity index (χ4n) is 5.60. The van der Waals surface area contributed by atoms with Crippen LogP contribution in [0.25, 0.3) is 0 Å². The molecule has 3 fully saturated rings. The van der Waals surface area contributed by atoms with Crippen molar-refractivity contribution in [3.8, 4) is 5.75 Å². The highest BCUT2D eigenvalue weighted by Crippen LogP contribution is 2.52. The third kappa shape index (κ3) is 4.83. The predicted molar refractivity (Wildman–Crippen MR) is 129 cm³/mol. The molecule has 2 aliphatic carbocycles. The van der Waals surface area contributed by atoms with E-state index in [0.717, 1.165) is 28.7 Å². The van der Waals surface area contributed by atoms with Gasteiger partial charge in [0.2, 0.25) is 5.79 Å². The highest BCUT2D eigenvalue weighted by atomic mass is 35.5. The fraction of sp³-hybridized carbons (Fsp3) is 0.556. The average Bonchev–Trinajstić information content (AvgIpc) is 3.47. The van der Waals surface area contributed by atoms with Crippen LogP contribution in [0.4, 0.5) is 0 Å². The van der Waals surface area contributed by atoms with Crippen LogP contribution in [0.1, 0.15) is 36.0 Å². The molecule has 0 bridgehead atoms. The lowest BCUT2D eigenvalue weighted by Gasteiger charge is -2.48. The molecule has 7 nitrogen and oxygen atoms in total. The summed E-state index contributed by atoms with van der Waals surface area (Å²) in [4.78, 5) is 0. The van der Waals surface area contributed by atoms with Gasteiger partial charge >= 0.3 is 0 Å². The van der Waals surface area contributed by atoms with E-state index in [2.05, 4.69) is 0 Å². The molecule has 2 aromatic carbocycles. The van der Waals surface area contributed by atoms with Crippen molar-refractivity contribution in [3.63, 3.8) is 0 Å². The third-order valence-corrected chi connectivity index (χ3v) is 8.04. The number of hydrogen-bond acceptors (Lipinski definition) is 7. The lowest BCUT2D eigenvalue weighted by Crippen LogP contribution is -2.64. The lowest BCUT2D eigenvalue weighted by atomic mass is 9.87. The SMILES string of the molecule is COCC1OC(OC)(c2ccc(Cl)c(Cc3ccc(OC4CC5CC5C4)cc3)c2)C(O)C(O)C1O. The zero-order valence-electron chi connectivity index (χ0n) is 20.0. The molecule has 0 amide bonds. The summed E-state index contributed by atoms with van der Waals surface area (Å²) in [6.07, 6.45) is -0.642. The number of ether oxygens (including phenoxy) is 4. The molecule has 35 heavy (non-hydrogen) atoms. The predicted octanol–water partition coefficient (Wildman–Crippen LogP) is 3.04. The lowest BCUT2D eigenvalue weighted by molar-refractivity contribution is -0.366. The Kier molecular flexibility index (Phi) is 7.12. The number of aliphatic hydroxyl groups is 3. The Bertz CT molecular complexity index is 1020. The molecule has 8 heteroatoms. The van der Waals surface area contributed by atoms with Gasteiger partial charge in [-0.3, -0.25) is 0 Å². The molecule has 3 N–H and O–H groups in total. The summed E-state index contributed by atoms with van der Waals surface area (Å²) in [7, 11) is 2.85. The van der Waals surface area contributed by atoms with Gasteiger partial charge in [0.1, 0.15) is 30.2 Å². The largest absolute Gasteiger partial charge is 0.490 e. The Labute approximate surface area is 210 Å². The Balaban J connectivity index is 1.34. The zero-order chi connectivity index (χ0) is 24.7. The van der Waals surface area contributed by atoms with Crippen LogP contribution in [0.15, 0.2) is 42.5 Å². The van der Waals surface area contributed by atoms with Gasteiger partial charge in [-0.05, 0) is 72.9 Å². The smallest absolute Gasteiger partial charge is 0.224 e. The van der Waals surface area contributed by atoms with Crippen molar-refractivity contribution < 1.29 is 34.3 Å². The minimum atomic E-state index is -1.69. The van der Waals surface area contributed by atoms with Crippen molar-refractivity contribution in [3.05, 3.63) is 64.2 Å². The minimum absolute atomic E-state index is 0.0209. The zero-order valence-corrected chi connectivity index (χ0v) is 20.7. The molecular weight excluding hydrogens is 472 g/mol. The number of aliphatic hydroxyl groups excluding tert-OH is 3. The van der Waals surface area contributed by atoms with Gasteiger partial charge in [0, 0.05) is 24.8 Å². The quantitative estimate of drug-likeness (QED) is 0.508. The Hall–Kier alpha value is -1.71. The van der Waals surface area contributed by atoms with Crippen LogP contribution >= 0.6 is 11.6 Å². The van der Waals surface area contributed by atoms with Crippen molar-refractivity contribution in [2.45, 2.75) is 62.0 Å². The Morgan fingerprint density at radius 2 is 1.69 bits per heavy atom. The van der Waals surface area contributed by atoms with E-state index < -0.39 is 30.2 Å². The van der Waals surface area contributed by atoms with Gasteiger partial charge in [0.05, 0.1) is 12.7 Å². The number of halogens is 1. The molecule has 7 unspecified atom stereocenters. The molecule has 0 aromatic heterocycles. The molecule has 7 atom stereocenters. The van der Waals surface area contributed by atoms with E-state index >= 15 is 0 Å². The first-order chi connectivity index (χ1) is 16.8. The fourth-order valence-corrected chi connectivity index (χ4v) is 5.78. The van der Waals surface area contributed by atoms with Crippen molar-refractivity contribution in [2.24, 2.45) is 11.8 Å². The maximum atomic E-state index is 10.9. The number of methoxy groups -OCH3 is 2. The third-order valence-electron chi connectivity index (χ3n) is 7.67. The van der Waals surface area contributed by atoms with Gasteiger partial charge in [0.25, 0.3) is 0 Å². The molecule has 2 aromatic rings. The number of fused-ring (bicyclic) bond motifs is 1. The van der Waals surface area contributed by atoms with Crippen LogP contribution in [-0.4, -0.2) is 66.7 Å². The molecular formula is C27H33ClO7. The highest BCUT2D eigenvalue weighted by molar-refractivity contribution is 6.31. The first kappa shape index (κ1) is 25.0. The molecule has 1 aliphatic heterocycles. The topological polar surface area (TPSA) is 97.6 Å². The Morgan fingerprint density at radius 1 is 0.971 bits per heavy atom. The van der Waals surface area contributed by atoms with Gasteiger partial charge in [-0.2, -0.15) is 0 Å². The van der Waals surface area contributed by atoms with E-state index in [0.29, 0.717) is 23.1 Å². The minimum Gasteiger partial charge on any atom is -0.490 e. The molecule has 1 saturated heterocycles. The van der Waals surface area contributed by atoms with Gasteiger partial charge in [-0.25, -0.2) is 0 Å². The first-order valence-corrected chi connectivity index (χ1v) is 12.5. The highest BCUT2D eigenvalue weighted by Gasteiger charge is 2.55. The standard InChI is InChI=1S/C27H33ClO7/c1-32-14-23-24(29)25(30)26(31)27(33-2,35-23)19-5-8-22(28)18(11-19)9-15-3-6-20(7-4-15)34-21-12-16-10-17(16)13-21/h3-8,11,16-17,21,23-26,29-31H,9-10,12-14H2,1-2H3. The second kappa shape index (κ2) is 9.98. The van der Waals surface area contributed by atoms with Crippen LogP contribution in [0.3, 0.4) is 0 Å². The van der Waals surface area contributed by atoms with E-state index in [1.54, 1.807) is 18.2 Å². The van der Waals surface area contributed by atoms with E-state index in [1.165, 1.54) is 33.5 Å². The number of hydrogen-bond donors (Lipinski definition) is 3. The van der Waals surface area contributed by atoms with E-state index in [4.69, 9.17) is 30.5 Å². The number of benzene rings is 2. The summed E-state index contributed by atoms with van der Waals surface area (Å²) in [6.45, 7) is 0.0209.